The molecular weight excluding hydrogens is 404 g/mol. The summed E-state index contributed by atoms with van der Waals surface area (Å²) >= 11 is 1.36. The second-order valence-corrected chi connectivity index (χ2v) is 7.14. The van der Waals surface area contributed by atoms with Crippen LogP contribution < -0.4 is 24.3 Å². The van der Waals surface area contributed by atoms with Crippen LogP contribution in [0.3, 0.4) is 0 Å². The van der Waals surface area contributed by atoms with Gasteiger partial charge in [0.15, 0.2) is 5.13 Å². The fraction of sp³-hybridized carbons (Fsp3) is 0.273. The van der Waals surface area contributed by atoms with Gasteiger partial charge < -0.3 is 24.3 Å². The quantitative estimate of drug-likeness (QED) is 0.474. The SMILES string of the molecule is COc1ccc(OCCCC(=O)Nc2nc(-c3cc(OC)ccc3OC)cs2)cc1. The predicted octanol–water partition coefficient (Wildman–Crippen LogP) is 4.63. The van der Waals surface area contributed by atoms with E-state index in [9.17, 15) is 4.79 Å². The molecule has 7 nitrogen and oxygen atoms in total. The van der Waals surface area contributed by atoms with Crippen molar-refractivity contribution in [3.63, 3.8) is 0 Å². The number of thiazole rings is 1. The molecule has 3 aromatic rings. The molecule has 0 aliphatic carbocycles. The van der Waals surface area contributed by atoms with Crippen molar-refractivity contribution in [2.75, 3.05) is 33.3 Å². The number of carbonyl (C=O) groups excluding carboxylic acids is 1. The van der Waals surface area contributed by atoms with E-state index < -0.39 is 0 Å². The number of anilines is 1. The minimum Gasteiger partial charge on any atom is -0.497 e. The van der Waals surface area contributed by atoms with Crippen molar-refractivity contribution in [3.8, 4) is 34.3 Å². The third-order valence-electron chi connectivity index (χ3n) is 4.31. The molecule has 8 heteroatoms. The Balaban J connectivity index is 1.50. The van der Waals surface area contributed by atoms with Gasteiger partial charge in [-0.3, -0.25) is 4.79 Å². The zero-order valence-corrected chi connectivity index (χ0v) is 18.0. The van der Waals surface area contributed by atoms with Gasteiger partial charge in [-0.05, 0) is 48.9 Å². The van der Waals surface area contributed by atoms with E-state index in [1.54, 1.807) is 21.3 Å². The molecule has 0 bridgehead atoms. The summed E-state index contributed by atoms with van der Waals surface area (Å²) in [6.45, 7) is 0.448. The normalized spacial score (nSPS) is 10.4. The standard InChI is InChI=1S/C22H24N2O5S/c1-26-15-6-8-16(9-7-15)29-12-4-5-21(25)24-22-23-19(14-30-22)18-13-17(27-2)10-11-20(18)28-3/h6-11,13-14H,4-5,12H2,1-3H3,(H,23,24,25). The van der Waals surface area contributed by atoms with E-state index in [1.807, 2.05) is 47.8 Å². The maximum absolute atomic E-state index is 12.2. The molecule has 1 heterocycles. The van der Waals surface area contributed by atoms with E-state index in [0.29, 0.717) is 41.8 Å². The van der Waals surface area contributed by atoms with Crippen LogP contribution in [0.1, 0.15) is 12.8 Å². The van der Waals surface area contributed by atoms with E-state index in [1.165, 1.54) is 11.3 Å². The van der Waals surface area contributed by atoms with Crippen LogP contribution in [0.4, 0.5) is 5.13 Å². The van der Waals surface area contributed by atoms with Crippen LogP contribution in [0, 0.1) is 0 Å². The fourth-order valence-electron chi connectivity index (χ4n) is 2.75. The highest BCUT2D eigenvalue weighted by atomic mass is 32.1. The first kappa shape index (κ1) is 21.4. The summed E-state index contributed by atoms with van der Waals surface area (Å²) in [5.74, 6) is 2.81. The lowest BCUT2D eigenvalue weighted by atomic mass is 10.1. The number of aromatic nitrogens is 1. The molecule has 1 N–H and O–H groups in total. The highest BCUT2D eigenvalue weighted by Crippen LogP contribution is 2.35. The molecule has 30 heavy (non-hydrogen) atoms. The third-order valence-corrected chi connectivity index (χ3v) is 5.07. The summed E-state index contributed by atoms with van der Waals surface area (Å²) in [6, 6.07) is 12.8. The zero-order chi connectivity index (χ0) is 21.3. The van der Waals surface area contributed by atoms with Gasteiger partial charge in [-0.25, -0.2) is 4.98 Å². The van der Waals surface area contributed by atoms with Gasteiger partial charge in [-0.1, -0.05) is 0 Å². The van der Waals surface area contributed by atoms with Crippen molar-refractivity contribution < 1.29 is 23.7 Å². The monoisotopic (exact) mass is 428 g/mol. The lowest BCUT2D eigenvalue weighted by Gasteiger charge is -2.08. The molecule has 0 atom stereocenters. The van der Waals surface area contributed by atoms with Crippen LogP contribution in [0.15, 0.2) is 47.8 Å². The molecule has 3 rings (SSSR count). The van der Waals surface area contributed by atoms with Crippen LogP contribution in [0.2, 0.25) is 0 Å². The van der Waals surface area contributed by atoms with Gasteiger partial charge in [-0.2, -0.15) is 0 Å². The number of amides is 1. The third kappa shape index (κ3) is 5.64. The van der Waals surface area contributed by atoms with Crippen molar-refractivity contribution in [1.82, 2.24) is 4.98 Å². The number of benzene rings is 2. The van der Waals surface area contributed by atoms with Crippen molar-refractivity contribution in [2.45, 2.75) is 12.8 Å². The van der Waals surface area contributed by atoms with Gasteiger partial charge >= 0.3 is 0 Å². The summed E-state index contributed by atoms with van der Waals surface area (Å²) in [5, 5.41) is 5.25. The molecule has 0 spiro atoms. The summed E-state index contributed by atoms with van der Waals surface area (Å²) in [7, 11) is 4.83. The number of ether oxygens (including phenoxy) is 4. The van der Waals surface area contributed by atoms with Gasteiger partial charge in [0.25, 0.3) is 0 Å². The minimum atomic E-state index is -0.105. The molecule has 0 aliphatic heterocycles. The molecular formula is C22H24N2O5S. The average molecular weight is 429 g/mol. The van der Waals surface area contributed by atoms with Gasteiger partial charge in [0.05, 0.1) is 33.6 Å². The van der Waals surface area contributed by atoms with Crippen molar-refractivity contribution >= 4 is 22.4 Å². The first-order chi connectivity index (χ1) is 14.6. The van der Waals surface area contributed by atoms with Gasteiger partial charge in [0, 0.05) is 17.4 Å². The Labute approximate surface area is 179 Å². The fourth-order valence-corrected chi connectivity index (χ4v) is 3.47. The van der Waals surface area contributed by atoms with Crippen LogP contribution in [-0.2, 0) is 4.79 Å². The zero-order valence-electron chi connectivity index (χ0n) is 17.1. The van der Waals surface area contributed by atoms with Crippen LogP contribution in [-0.4, -0.2) is 38.8 Å². The molecule has 1 amide bonds. The first-order valence-corrected chi connectivity index (χ1v) is 10.3. The second-order valence-electron chi connectivity index (χ2n) is 6.28. The molecule has 0 aliphatic rings. The van der Waals surface area contributed by atoms with E-state index in [-0.39, 0.29) is 5.91 Å². The Morgan fingerprint density at radius 2 is 1.67 bits per heavy atom. The Bertz CT molecular complexity index is 972. The highest BCUT2D eigenvalue weighted by molar-refractivity contribution is 7.14. The number of nitrogens with zero attached hydrogens (tertiary/aromatic N) is 1. The van der Waals surface area contributed by atoms with E-state index in [4.69, 9.17) is 18.9 Å². The number of rotatable bonds is 10. The molecule has 0 radical (unpaired) electrons. The van der Waals surface area contributed by atoms with Crippen LogP contribution in [0.5, 0.6) is 23.0 Å². The van der Waals surface area contributed by atoms with Gasteiger partial charge in [-0.15, -0.1) is 11.3 Å². The number of hydrogen-bond acceptors (Lipinski definition) is 7. The first-order valence-electron chi connectivity index (χ1n) is 9.37. The molecule has 1 aromatic heterocycles. The Morgan fingerprint density at radius 3 is 2.37 bits per heavy atom. The largest absolute Gasteiger partial charge is 0.497 e. The topological polar surface area (TPSA) is 78.9 Å². The van der Waals surface area contributed by atoms with Gasteiger partial charge in [0.1, 0.15) is 23.0 Å². The lowest BCUT2D eigenvalue weighted by molar-refractivity contribution is -0.116. The second kappa shape index (κ2) is 10.5. The highest BCUT2D eigenvalue weighted by Gasteiger charge is 2.13. The Kier molecular flexibility index (Phi) is 7.51. The minimum absolute atomic E-state index is 0.105. The van der Waals surface area contributed by atoms with Crippen molar-refractivity contribution in [2.24, 2.45) is 0 Å². The van der Waals surface area contributed by atoms with E-state index >= 15 is 0 Å². The number of methoxy groups -OCH3 is 3. The smallest absolute Gasteiger partial charge is 0.226 e. The van der Waals surface area contributed by atoms with Crippen LogP contribution in [0.25, 0.3) is 11.3 Å². The van der Waals surface area contributed by atoms with Crippen molar-refractivity contribution in [3.05, 3.63) is 47.8 Å². The summed E-state index contributed by atoms with van der Waals surface area (Å²) in [4.78, 5) is 16.7. The van der Waals surface area contributed by atoms with E-state index in [0.717, 1.165) is 17.1 Å². The molecule has 0 saturated carbocycles. The number of nitrogens with one attached hydrogen (secondary N) is 1. The van der Waals surface area contributed by atoms with E-state index in [2.05, 4.69) is 10.3 Å². The lowest BCUT2D eigenvalue weighted by Crippen LogP contribution is -2.12. The maximum Gasteiger partial charge on any atom is 0.226 e. The van der Waals surface area contributed by atoms with Gasteiger partial charge in [0.2, 0.25) is 5.91 Å². The molecule has 158 valence electrons. The predicted molar refractivity (Wildman–Crippen MR) is 117 cm³/mol. The molecule has 2 aromatic carbocycles. The number of hydrogen-bond donors (Lipinski definition) is 1. The Morgan fingerprint density at radius 1 is 0.967 bits per heavy atom. The maximum atomic E-state index is 12.2. The summed E-state index contributed by atoms with van der Waals surface area (Å²) < 4.78 is 21.4. The summed E-state index contributed by atoms with van der Waals surface area (Å²) in [6.07, 6.45) is 0.938. The molecule has 0 fully saturated rings. The number of carbonyl (C=O) groups is 1. The Hall–Kier alpha value is -3.26. The molecule has 0 saturated heterocycles. The van der Waals surface area contributed by atoms with Crippen molar-refractivity contribution in [1.29, 1.82) is 0 Å². The average Bonchev–Trinajstić information content (AvgIpc) is 3.24. The summed E-state index contributed by atoms with van der Waals surface area (Å²) in [5.41, 5.74) is 1.52. The van der Waals surface area contributed by atoms with Crippen LogP contribution >= 0.6 is 11.3 Å². The molecule has 0 unspecified atom stereocenters.